The summed E-state index contributed by atoms with van der Waals surface area (Å²) in [7, 11) is 0. The number of aromatic nitrogens is 1. The zero-order valence-electron chi connectivity index (χ0n) is 19.8. The molecular formula is C27H31N3O5. The third-order valence-electron chi connectivity index (χ3n) is 6.85. The summed E-state index contributed by atoms with van der Waals surface area (Å²) >= 11 is 0. The van der Waals surface area contributed by atoms with Crippen LogP contribution in [-0.4, -0.2) is 53.2 Å². The number of piperidine rings is 1. The number of fused-ring (bicyclic) bond motifs is 1. The SMILES string of the molecule is O=C(C=Cc1ccc2c(c1)C(=O)CC1(CCN(Cc3ccccn3)CC1)O2)NOC1CCCCO1. The molecule has 4 heterocycles. The Morgan fingerprint density at radius 1 is 1.23 bits per heavy atom. The van der Waals surface area contributed by atoms with Crippen molar-refractivity contribution in [2.45, 2.75) is 57.0 Å². The molecule has 2 fully saturated rings. The van der Waals surface area contributed by atoms with Crippen molar-refractivity contribution in [1.82, 2.24) is 15.4 Å². The number of amides is 1. The van der Waals surface area contributed by atoms with E-state index in [0.29, 0.717) is 24.3 Å². The van der Waals surface area contributed by atoms with Crippen LogP contribution < -0.4 is 10.2 Å². The highest BCUT2D eigenvalue weighted by atomic mass is 16.8. The molecule has 1 amide bonds. The van der Waals surface area contributed by atoms with E-state index in [1.807, 2.05) is 36.5 Å². The molecule has 0 aliphatic carbocycles. The maximum Gasteiger partial charge on any atom is 0.267 e. The molecule has 184 valence electrons. The van der Waals surface area contributed by atoms with Gasteiger partial charge in [0.15, 0.2) is 12.1 Å². The first-order chi connectivity index (χ1) is 17.1. The van der Waals surface area contributed by atoms with E-state index in [-0.39, 0.29) is 11.7 Å². The first-order valence-electron chi connectivity index (χ1n) is 12.3. The zero-order valence-corrected chi connectivity index (χ0v) is 19.8. The van der Waals surface area contributed by atoms with Crippen LogP contribution in [0.15, 0.2) is 48.7 Å². The second kappa shape index (κ2) is 10.7. The quantitative estimate of drug-likeness (QED) is 0.502. The summed E-state index contributed by atoms with van der Waals surface area (Å²) in [5.41, 5.74) is 4.34. The molecule has 8 heteroatoms. The number of carbonyl (C=O) groups is 2. The highest BCUT2D eigenvalue weighted by Gasteiger charge is 2.42. The number of hydrogen-bond donors (Lipinski definition) is 1. The predicted molar refractivity (Wildman–Crippen MR) is 129 cm³/mol. The Morgan fingerprint density at radius 2 is 2.11 bits per heavy atom. The molecule has 3 aliphatic heterocycles. The van der Waals surface area contributed by atoms with Crippen molar-refractivity contribution in [3.63, 3.8) is 0 Å². The highest BCUT2D eigenvalue weighted by Crippen LogP contribution is 2.40. The van der Waals surface area contributed by atoms with Crippen molar-refractivity contribution in [3.05, 3.63) is 65.5 Å². The summed E-state index contributed by atoms with van der Waals surface area (Å²) in [5.74, 6) is 0.330. The standard InChI is InChI=1S/C27H31N3O5/c31-23-18-27(11-14-30(15-12-27)19-21-5-1-3-13-28-21)34-24-9-7-20(17-22(23)24)8-10-25(32)29-35-26-6-2-4-16-33-26/h1,3,5,7-10,13,17,26H,2,4,6,11-12,14-16,18-19H2,(H,29,32). The Labute approximate surface area is 205 Å². The van der Waals surface area contributed by atoms with Crippen molar-refractivity contribution >= 4 is 17.8 Å². The van der Waals surface area contributed by atoms with Crippen molar-refractivity contribution < 1.29 is 23.9 Å². The van der Waals surface area contributed by atoms with Gasteiger partial charge in [-0.2, -0.15) is 0 Å². The largest absolute Gasteiger partial charge is 0.486 e. The lowest BCUT2D eigenvalue weighted by Crippen LogP contribution is -2.50. The molecular weight excluding hydrogens is 446 g/mol. The van der Waals surface area contributed by atoms with Gasteiger partial charge in [-0.3, -0.25) is 19.5 Å². The summed E-state index contributed by atoms with van der Waals surface area (Å²) in [6.07, 6.45) is 9.25. The third kappa shape index (κ3) is 5.96. The van der Waals surface area contributed by atoms with Crippen molar-refractivity contribution in [2.24, 2.45) is 0 Å². The van der Waals surface area contributed by atoms with Crippen LogP contribution in [-0.2, 0) is 20.9 Å². The summed E-state index contributed by atoms with van der Waals surface area (Å²) < 4.78 is 11.8. The number of carbonyl (C=O) groups excluding carboxylic acids is 2. The Morgan fingerprint density at radius 3 is 2.89 bits per heavy atom. The molecule has 35 heavy (non-hydrogen) atoms. The van der Waals surface area contributed by atoms with Gasteiger partial charge in [0.25, 0.3) is 5.91 Å². The average Bonchev–Trinajstić information content (AvgIpc) is 2.89. The predicted octanol–water partition coefficient (Wildman–Crippen LogP) is 3.67. The van der Waals surface area contributed by atoms with Gasteiger partial charge >= 0.3 is 0 Å². The minimum absolute atomic E-state index is 0.0851. The topological polar surface area (TPSA) is 90.0 Å². The van der Waals surface area contributed by atoms with Gasteiger partial charge in [-0.1, -0.05) is 12.1 Å². The third-order valence-corrected chi connectivity index (χ3v) is 6.85. The maximum absolute atomic E-state index is 13.1. The van der Waals surface area contributed by atoms with Crippen LogP contribution in [0.1, 0.15) is 60.1 Å². The molecule has 2 saturated heterocycles. The first-order valence-corrected chi connectivity index (χ1v) is 12.3. The number of nitrogens with zero attached hydrogens (tertiary/aromatic N) is 2. The van der Waals surface area contributed by atoms with E-state index in [4.69, 9.17) is 14.3 Å². The van der Waals surface area contributed by atoms with Gasteiger partial charge in [0, 0.05) is 57.8 Å². The average molecular weight is 478 g/mol. The van der Waals surface area contributed by atoms with Gasteiger partial charge in [0.05, 0.1) is 17.7 Å². The lowest BCUT2D eigenvalue weighted by molar-refractivity contribution is -0.198. The van der Waals surface area contributed by atoms with Gasteiger partial charge in [0.2, 0.25) is 0 Å². The number of hydrogen-bond acceptors (Lipinski definition) is 7. The van der Waals surface area contributed by atoms with E-state index >= 15 is 0 Å². The number of pyridine rings is 1. The fraction of sp³-hybridized carbons (Fsp3) is 0.444. The monoisotopic (exact) mass is 477 g/mol. The highest BCUT2D eigenvalue weighted by molar-refractivity contribution is 6.01. The molecule has 3 aliphatic rings. The Hall–Kier alpha value is -3.07. The van der Waals surface area contributed by atoms with Crippen LogP contribution in [0.5, 0.6) is 5.75 Å². The van der Waals surface area contributed by atoms with Crippen molar-refractivity contribution in [2.75, 3.05) is 19.7 Å². The number of ether oxygens (including phenoxy) is 2. The minimum Gasteiger partial charge on any atom is -0.486 e. The minimum atomic E-state index is -0.444. The summed E-state index contributed by atoms with van der Waals surface area (Å²) in [6.45, 7) is 3.18. The summed E-state index contributed by atoms with van der Waals surface area (Å²) in [6, 6.07) is 11.4. The zero-order chi connectivity index (χ0) is 24.1. The lowest BCUT2D eigenvalue weighted by Gasteiger charge is -2.44. The van der Waals surface area contributed by atoms with E-state index in [0.717, 1.165) is 63.0 Å². The Kier molecular flexibility index (Phi) is 7.22. The maximum atomic E-state index is 13.1. The molecule has 5 rings (SSSR count). The van der Waals surface area contributed by atoms with Crippen LogP contribution in [0.3, 0.4) is 0 Å². The van der Waals surface area contributed by atoms with Gasteiger partial charge in [-0.15, -0.1) is 0 Å². The molecule has 0 radical (unpaired) electrons. The van der Waals surface area contributed by atoms with Crippen molar-refractivity contribution in [1.29, 1.82) is 0 Å². The van der Waals surface area contributed by atoms with Gasteiger partial charge < -0.3 is 9.47 Å². The molecule has 1 atom stereocenters. The number of likely N-dealkylation sites (tertiary alicyclic amines) is 1. The van der Waals surface area contributed by atoms with Crippen LogP contribution >= 0.6 is 0 Å². The van der Waals surface area contributed by atoms with E-state index in [1.165, 1.54) is 6.08 Å². The molecule has 1 aromatic heterocycles. The van der Waals surface area contributed by atoms with Crippen LogP contribution in [0.4, 0.5) is 0 Å². The number of rotatable bonds is 6. The smallest absolute Gasteiger partial charge is 0.267 e. The lowest BCUT2D eigenvalue weighted by atomic mass is 9.82. The normalized spacial score (nSPS) is 22.1. The van der Waals surface area contributed by atoms with Crippen LogP contribution in [0.25, 0.3) is 6.08 Å². The molecule has 1 N–H and O–H groups in total. The van der Waals surface area contributed by atoms with E-state index in [1.54, 1.807) is 12.1 Å². The number of ketones is 1. The molecule has 1 aromatic carbocycles. The summed E-state index contributed by atoms with van der Waals surface area (Å²) in [5, 5.41) is 0. The Bertz CT molecular complexity index is 1070. The fourth-order valence-electron chi connectivity index (χ4n) is 4.87. The Balaban J connectivity index is 1.16. The first kappa shape index (κ1) is 23.7. The van der Waals surface area contributed by atoms with E-state index in [2.05, 4.69) is 15.4 Å². The second-order valence-corrected chi connectivity index (χ2v) is 9.45. The molecule has 0 bridgehead atoms. The molecule has 1 unspecified atom stereocenters. The van der Waals surface area contributed by atoms with Gasteiger partial charge in [0.1, 0.15) is 11.4 Å². The van der Waals surface area contributed by atoms with Gasteiger partial charge in [-0.05, 0) is 48.7 Å². The van der Waals surface area contributed by atoms with Crippen LogP contribution in [0.2, 0.25) is 0 Å². The number of nitrogens with one attached hydrogen (secondary N) is 1. The van der Waals surface area contributed by atoms with Crippen LogP contribution in [0, 0.1) is 0 Å². The van der Waals surface area contributed by atoms with Crippen molar-refractivity contribution in [3.8, 4) is 5.75 Å². The van der Waals surface area contributed by atoms with E-state index in [9.17, 15) is 9.59 Å². The number of benzene rings is 1. The molecule has 0 saturated carbocycles. The molecule has 8 nitrogen and oxygen atoms in total. The second-order valence-electron chi connectivity index (χ2n) is 9.45. The number of Topliss-reactive ketones (excluding diaryl/α,β-unsaturated/α-hetero) is 1. The molecule has 1 spiro atoms. The molecule has 2 aromatic rings. The van der Waals surface area contributed by atoms with E-state index < -0.39 is 11.9 Å². The van der Waals surface area contributed by atoms with Gasteiger partial charge in [-0.25, -0.2) is 10.3 Å². The summed E-state index contributed by atoms with van der Waals surface area (Å²) in [4.78, 5) is 37.2. The number of hydroxylamine groups is 1. The fourth-order valence-corrected chi connectivity index (χ4v) is 4.87.